The average molecular weight is 292 g/mol. The topological polar surface area (TPSA) is 115 Å². The number of nitrogens with zero attached hydrogens (tertiary/aromatic N) is 2. The lowest BCUT2D eigenvalue weighted by atomic mass is 10.3. The fourth-order valence-electron chi connectivity index (χ4n) is 1.67. The number of carbonyl (C=O) groups is 1. The van der Waals surface area contributed by atoms with Gasteiger partial charge in [0.15, 0.2) is 11.6 Å². The van der Waals surface area contributed by atoms with Crippen molar-refractivity contribution in [3.05, 3.63) is 36.3 Å². The SMILES string of the molecule is CN(C(=O)O)c1c(Oc2ccc(N)c(F)c2)ccnc1N. The molecule has 21 heavy (non-hydrogen) atoms. The van der Waals surface area contributed by atoms with Gasteiger partial charge in [0.05, 0.1) is 5.69 Å². The molecular weight excluding hydrogens is 279 g/mol. The van der Waals surface area contributed by atoms with E-state index in [4.69, 9.17) is 21.3 Å². The summed E-state index contributed by atoms with van der Waals surface area (Å²) < 4.78 is 18.9. The first-order chi connectivity index (χ1) is 9.90. The number of halogens is 1. The minimum atomic E-state index is -1.23. The van der Waals surface area contributed by atoms with E-state index in [0.717, 1.165) is 11.0 Å². The predicted octanol–water partition coefficient (Wildman–Crippen LogP) is 2.29. The standard InChI is InChI=1S/C13H13FN4O3/c1-18(13(19)20)11-10(4-5-17-12(11)16)21-7-2-3-9(15)8(14)6-7/h2-6H,15H2,1H3,(H2,16,17)(H,19,20). The second kappa shape index (κ2) is 5.53. The average Bonchev–Trinajstić information content (AvgIpc) is 2.42. The largest absolute Gasteiger partial charge is 0.465 e. The van der Waals surface area contributed by atoms with E-state index in [1.807, 2.05) is 0 Å². The lowest BCUT2D eigenvalue weighted by Gasteiger charge is -2.18. The maximum Gasteiger partial charge on any atom is 0.411 e. The van der Waals surface area contributed by atoms with E-state index in [1.54, 1.807) is 0 Å². The molecule has 2 aromatic rings. The second-order valence-corrected chi connectivity index (χ2v) is 4.17. The molecule has 1 heterocycles. The fraction of sp³-hybridized carbons (Fsp3) is 0.0769. The Balaban J connectivity index is 2.42. The number of anilines is 3. The minimum absolute atomic E-state index is 0.0144. The van der Waals surface area contributed by atoms with E-state index in [2.05, 4.69) is 4.98 Å². The maximum absolute atomic E-state index is 13.4. The highest BCUT2D eigenvalue weighted by molar-refractivity contribution is 5.91. The molecular formula is C13H13FN4O3. The van der Waals surface area contributed by atoms with Crippen molar-refractivity contribution in [2.24, 2.45) is 0 Å². The summed E-state index contributed by atoms with van der Waals surface area (Å²) >= 11 is 0. The van der Waals surface area contributed by atoms with Crippen LogP contribution in [-0.2, 0) is 0 Å². The van der Waals surface area contributed by atoms with Gasteiger partial charge in [-0.15, -0.1) is 0 Å². The van der Waals surface area contributed by atoms with Crippen molar-refractivity contribution >= 4 is 23.3 Å². The Morgan fingerprint density at radius 1 is 1.38 bits per heavy atom. The van der Waals surface area contributed by atoms with Crippen LogP contribution in [0.4, 0.5) is 26.4 Å². The van der Waals surface area contributed by atoms with Gasteiger partial charge >= 0.3 is 6.09 Å². The number of benzene rings is 1. The molecule has 8 heteroatoms. The number of hydrogen-bond acceptors (Lipinski definition) is 5. The van der Waals surface area contributed by atoms with Crippen LogP contribution in [0.2, 0.25) is 0 Å². The van der Waals surface area contributed by atoms with Gasteiger partial charge in [0.2, 0.25) is 0 Å². The first kappa shape index (κ1) is 14.4. The second-order valence-electron chi connectivity index (χ2n) is 4.17. The van der Waals surface area contributed by atoms with Crippen LogP contribution in [0.15, 0.2) is 30.5 Å². The molecule has 5 N–H and O–H groups in total. The third-order valence-corrected chi connectivity index (χ3v) is 2.74. The van der Waals surface area contributed by atoms with Gasteiger partial charge in [0.25, 0.3) is 0 Å². The van der Waals surface area contributed by atoms with Gasteiger partial charge < -0.3 is 21.3 Å². The minimum Gasteiger partial charge on any atom is -0.465 e. The van der Waals surface area contributed by atoms with E-state index in [0.29, 0.717) is 0 Å². The van der Waals surface area contributed by atoms with Crippen LogP contribution in [0.25, 0.3) is 0 Å². The summed E-state index contributed by atoms with van der Waals surface area (Å²) in [6, 6.07) is 5.32. The molecule has 0 saturated heterocycles. The number of rotatable bonds is 3. The van der Waals surface area contributed by atoms with Crippen molar-refractivity contribution in [1.29, 1.82) is 0 Å². The van der Waals surface area contributed by atoms with Crippen molar-refractivity contribution in [1.82, 2.24) is 4.98 Å². The zero-order valence-corrected chi connectivity index (χ0v) is 11.1. The summed E-state index contributed by atoms with van der Waals surface area (Å²) in [6.07, 6.45) is 0.125. The summed E-state index contributed by atoms with van der Waals surface area (Å²) in [5, 5.41) is 9.04. The number of hydrogen-bond donors (Lipinski definition) is 3. The Bertz CT molecular complexity index is 693. The first-order valence-electron chi connectivity index (χ1n) is 5.84. The predicted molar refractivity (Wildman–Crippen MR) is 76.0 cm³/mol. The van der Waals surface area contributed by atoms with Gasteiger partial charge in [0.1, 0.15) is 17.3 Å². The van der Waals surface area contributed by atoms with E-state index < -0.39 is 11.9 Å². The van der Waals surface area contributed by atoms with Crippen LogP contribution in [0, 0.1) is 5.82 Å². The van der Waals surface area contributed by atoms with Gasteiger partial charge in [-0.3, -0.25) is 4.90 Å². The first-order valence-corrected chi connectivity index (χ1v) is 5.84. The smallest absolute Gasteiger partial charge is 0.411 e. The zero-order valence-electron chi connectivity index (χ0n) is 11.1. The molecule has 0 bridgehead atoms. The molecule has 0 aliphatic heterocycles. The Morgan fingerprint density at radius 2 is 2.10 bits per heavy atom. The van der Waals surface area contributed by atoms with Crippen LogP contribution >= 0.6 is 0 Å². The van der Waals surface area contributed by atoms with Crippen LogP contribution in [0.5, 0.6) is 11.5 Å². The molecule has 1 aromatic carbocycles. The Hall–Kier alpha value is -3.03. The summed E-state index contributed by atoms with van der Waals surface area (Å²) in [5.41, 5.74) is 11.1. The van der Waals surface area contributed by atoms with Gasteiger partial charge in [-0.05, 0) is 12.1 Å². The molecule has 110 valence electrons. The molecule has 2 rings (SSSR count). The molecule has 0 aliphatic rings. The van der Waals surface area contributed by atoms with Gasteiger partial charge in [0, 0.05) is 25.4 Å². The Labute approximate surface area is 119 Å². The van der Waals surface area contributed by atoms with E-state index in [9.17, 15) is 9.18 Å². The van der Waals surface area contributed by atoms with Crippen LogP contribution < -0.4 is 21.1 Å². The molecule has 7 nitrogen and oxygen atoms in total. The molecule has 0 fully saturated rings. The summed E-state index contributed by atoms with van der Waals surface area (Å²) in [4.78, 5) is 15.7. The van der Waals surface area contributed by atoms with Gasteiger partial charge in [-0.1, -0.05) is 0 Å². The van der Waals surface area contributed by atoms with Crippen molar-refractivity contribution < 1.29 is 19.0 Å². The molecule has 1 amide bonds. The van der Waals surface area contributed by atoms with E-state index in [-0.39, 0.29) is 28.7 Å². The number of amides is 1. The molecule has 0 unspecified atom stereocenters. The van der Waals surface area contributed by atoms with Crippen molar-refractivity contribution in [3.63, 3.8) is 0 Å². The van der Waals surface area contributed by atoms with Crippen molar-refractivity contribution in [2.75, 3.05) is 23.4 Å². The zero-order chi connectivity index (χ0) is 15.6. The van der Waals surface area contributed by atoms with Gasteiger partial charge in [-0.2, -0.15) is 0 Å². The third kappa shape index (κ3) is 2.94. The molecule has 0 radical (unpaired) electrons. The van der Waals surface area contributed by atoms with Crippen LogP contribution in [0.3, 0.4) is 0 Å². The highest BCUT2D eigenvalue weighted by atomic mass is 19.1. The number of nitrogens with two attached hydrogens (primary N) is 2. The number of carboxylic acid groups (broad SMARTS) is 1. The molecule has 0 aliphatic carbocycles. The highest BCUT2D eigenvalue weighted by Crippen LogP contribution is 2.35. The van der Waals surface area contributed by atoms with E-state index in [1.165, 1.54) is 31.4 Å². The number of ether oxygens (including phenoxy) is 1. The maximum atomic E-state index is 13.4. The summed E-state index contributed by atoms with van der Waals surface area (Å²) in [6.45, 7) is 0. The van der Waals surface area contributed by atoms with Crippen molar-refractivity contribution in [3.8, 4) is 11.5 Å². The molecule has 0 atom stereocenters. The Kier molecular flexibility index (Phi) is 3.79. The molecule has 0 spiro atoms. The highest BCUT2D eigenvalue weighted by Gasteiger charge is 2.19. The number of nitrogen functional groups attached to an aromatic ring is 2. The Morgan fingerprint density at radius 3 is 2.71 bits per heavy atom. The molecule has 1 aromatic heterocycles. The van der Waals surface area contributed by atoms with Crippen LogP contribution in [-0.4, -0.2) is 23.2 Å². The third-order valence-electron chi connectivity index (χ3n) is 2.74. The monoisotopic (exact) mass is 292 g/mol. The lowest BCUT2D eigenvalue weighted by molar-refractivity contribution is 0.203. The fourth-order valence-corrected chi connectivity index (χ4v) is 1.67. The number of aromatic nitrogens is 1. The molecule has 0 saturated carbocycles. The normalized spacial score (nSPS) is 10.2. The summed E-state index contributed by atoms with van der Waals surface area (Å²) in [7, 11) is 1.30. The van der Waals surface area contributed by atoms with Crippen molar-refractivity contribution in [2.45, 2.75) is 0 Å². The van der Waals surface area contributed by atoms with Crippen LogP contribution in [0.1, 0.15) is 0 Å². The number of pyridine rings is 1. The van der Waals surface area contributed by atoms with Gasteiger partial charge in [-0.25, -0.2) is 14.2 Å². The van der Waals surface area contributed by atoms with E-state index >= 15 is 0 Å². The summed E-state index contributed by atoms with van der Waals surface area (Å²) in [5.74, 6) is -0.361. The quantitative estimate of drug-likeness (QED) is 0.748. The lowest BCUT2D eigenvalue weighted by Crippen LogP contribution is -2.25.